The maximum absolute atomic E-state index is 13.2. The van der Waals surface area contributed by atoms with E-state index < -0.39 is 10.0 Å². The van der Waals surface area contributed by atoms with Crippen molar-refractivity contribution in [2.75, 3.05) is 35.4 Å². The highest BCUT2D eigenvalue weighted by Gasteiger charge is 2.28. The molecule has 2 aromatic rings. The number of aromatic nitrogens is 1. The molecule has 0 atom stereocenters. The van der Waals surface area contributed by atoms with Crippen molar-refractivity contribution in [3.05, 3.63) is 39.9 Å². The molecule has 0 N–H and O–H groups in total. The number of rotatable bonds is 6. The Kier molecular flexibility index (Phi) is 6.90. The Morgan fingerprint density at radius 3 is 2.71 bits per heavy atom. The lowest BCUT2D eigenvalue weighted by Gasteiger charge is -2.26. The predicted octanol–water partition coefficient (Wildman–Crippen LogP) is 3.44. The summed E-state index contributed by atoms with van der Waals surface area (Å²) in [7, 11) is -3.79. The van der Waals surface area contributed by atoms with Gasteiger partial charge in [-0.2, -0.15) is 11.8 Å². The van der Waals surface area contributed by atoms with E-state index in [1.54, 1.807) is 38.2 Å². The lowest BCUT2D eigenvalue weighted by atomic mass is 10.2. The van der Waals surface area contributed by atoms with Crippen LogP contribution in [0.3, 0.4) is 0 Å². The van der Waals surface area contributed by atoms with E-state index in [2.05, 4.69) is 4.98 Å². The van der Waals surface area contributed by atoms with Gasteiger partial charge in [0.2, 0.25) is 5.91 Å². The summed E-state index contributed by atoms with van der Waals surface area (Å²) < 4.78 is 27.6. The third-order valence-electron chi connectivity index (χ3n) is 4.52. The van der Waals surface area contributed by atoms with Crippen LogP contribution in [0.2, 0.25) is 5.02 Å². The molecule has 0 spiro atoms. The van der Waals surface area contributed by atoms with Crippen LogP contribution in [-0.4, -0.2) is 55.3 Å². The Labute approximate surface area is 178 Å². The first-order valence-corrected chi connectivity index (χ1v) is 12.7. The number of amides is 1. The average molecular weight is 460 g/mol. The number of thiazole rings is 1. The zero-order valence-electron chi connectivity index (χ0n) is 15.7. The maximum Gasteiger partial charge on any atom is 0.266 e. The summed E-state index contributed by atoms with van der Waals surface area (Å²) in [4.78, 5) is 19.5. The fourth-order valence-electron chi connectivity index (χ4n) is 2.96. The molecule has 0 aliphatic carbocycles. The minimum atomic E-state index is -3.79. The molecule has 28 heavy (non-hydrogen) atoms. The standard InChI is InChI=1S/C18H22ClN3O3S3/c1-3-22(28(24,25)16-6-4-5-15(19)13(16)2)18-20-12-14(27-18)11-17(23)21-7-9-26-10-8-21/h4-6,12H,3,7-11H2,1-2H3. The minimum Gasteiger partial charge on any atom is -0.341 e. The van der Waals surface area contributed by atoms with E-state index in [-0.39, 0.29) is 23.8 Å². The molecule has 1 saturated heterocycles. The summed E-state index contributed by atoms with van der Waals surface area (Å²) in [6.07, 6.45) is 1.84. The van der Waals surface area contributed by atoms with E-state index in [0.29, 0.717) is 15.7 Å². The molecule has 0 bridgehead atoms. The molecule has 1 aromatic carbocycles. The fraction of sp³-hybridized carbons (Fsp3) is 0.444. The average Bonchev–Trinajstić information content (AvgIpc) is 3.12. The number of thioether (sulfide) groups is 1. The molecule has 0 radical (unpaired) electrons. The van der Waals surface area contributed by atoms with E-state index in [1.165, 1.54) is 15.6 Å². The molecule has 10 heteroatoms. The quantitative estimate of drug-likeness (QED) is 0.661. The number of carbonyl (C=O) groups is 1. The van der Waals surface area contributed by atoms with Crippen molar-refractivity contribution in [1.29, 1.82) is 0 Å². The summed E-state index contributed by atoms with van der Waals surface area (Å²) in [5, 5.41) is 0.765. The van der Waals surface area contributed by atoms with Crippen LogP contribution >= 0.6 is 34.7 Å². The van der Waals surface area contributed by atoms with Gasteiger partial charge < -0.3 is 4.90 Å². The van der Waals surface area contributed by atoms with Crippen LogP contribution in [0.5, 0.6) is 0 Å². The fourth-order valence-corrected chi connectivity index (χ4v) is 6.95. The summed E-state index contributed by atoms with van der Waals surface area (Å²) in [5.74, 6) is 1.98. The third-order valence-corrected chi connectivity index (χ3v) is 9.01. The van der Waals surface area contributed by atoms with Gasteiger partial charge in [0.1, 0.15) is 0 Å². The molecule has 6 nitrogen and oxygen atoms in total. The van der Waals surface area contributed by atoms with E-state index >= 15 is 0 Å². The van der Waals surface area contributed by atoms with Crippen molar-refractivity contribution in [2.24, 2.45) is 0 Å². The number of hydrogen-bond donors (Lipinski definition) is 0. The van der Waals surface area contributed by atoms with Crippen LogP contribution in [-0.2, 0) is 21.2 Å². The Morgan fingerprint density at radius 1 is 1.32 bits per heavy atom. The summed E-state index contributed by atoms with van der Waals surface area (Å²) >= 11 is 9.20. The molecule has 1 aliphatic heterocycles. The third kappa shape index (κ3) is 4.48. The Hall–Kier alpha value is -1.29. The van der Waals surface area contributed by atoms with Crippen molar-refractivity contribution in [3.63, 3.8) is 0 Å². The Balaban J connectivity index is 1.81. The van der Waals surface area contributed by atoms with E-state index in [9.17, 15) is 13.2 Å². The summed E-state index contributed by atoms with van der Waals surface area (Å²) in [6.45, 7) is 5.21. The first-order valence-electron chi connectivity index (χ1n) is 8.92. The molecular formula is C18H22ClN3O3S3. The monoisotopic (exact) mass is 459 g/mol. The first-order chi connectivity index (χ1) is 13.3. The van der Waals surface area contributed by atoms with Crippen molar-refractivity contribution >= 4 is 55.8 Å². The molecule has 2 heterocycles. The van der Waals surface area contributed by atoms with Gasteiger partial charge in [-0.05, 0) is 31.5 Å². The predicted molar refractivity (Wildman–Crippen MR) is 116 cm³/mol. The lowest BCUT2D eigenvalue weighted by molar-refractivity contribution is -0.130. The smallest absolute Gasteiger partial charge is 0.266 e. The SMILES string of the molecule is CCN(c1ncc(CC(=O)N2CCSCC2)s1)S(=O)(=O)c1cccc(Cl)c1C. The lowest BCUT2D eigenvalue weighted by Crippen LogP contribution is -2.38. The van der Waals surface area contributed by atoms with Gasteiger partial charge in [0.15, 0.2) is 5.13 Å². The first kappa shape index (κ1) is 21.4. The number of hydrogen-bond acceptors (Lipinski definition) is 6. The van der Waals surface area contributed by atoms with Crippen LogP contribution in [0.1, 0.15) is 17.4 Å². The van der Waals surface area contributed by atoms with E-state index in [1.807, 2.05) is 16.7 Å². The molecule has 152 valence electrons. The van der Waals surface area contributed by atoms with Gasteiger partial charge in [-0.25, -0.2) is 17.7 Å². The van der Waals surface area contributed by atoms with Gasteiger partial charge in [-0.3, -0.25) is 4.79 Å². The molecule has 1 amide bonds. The second-order valence-corrected chi connectivity index (χ2v) is 10.9. The van der Waals surface area contributed by atoms with Gasteiger partial charge >= 0.3 is 0 Å². The number of carbonyl (C=O) groups excluding carboxylic acids is 1. The molecular weight excluding hydrogens is 438 g/mol. The number of anilines is 1. The highest BCUT2D eigenvalue weighted by Crippen LogP contribution is 2.31. The van der Waals surface area contributed by atoms with E-state index in [0.717, 1.165) is 29.5 Å². The second-order valence-electron chi connectivity index (χ2n) is 6.31. The zero-order chi connectivity index (χ0) is 20.3. The molecule has 1 aromatic heterocycles. The maximum atomic E-state index is 13.2. The van der Waals surface area contributed by atoms with Gasteiger partial charge in [-0.15, -0.1) is 11.3 Å². The van der Waals surface area contributed by atoms with Gasteiger partial charge in [0.25, 0.3) is 10.0 Å². The summed E-state index contributed by atoms with van der Waals surface area (Å²) in [5.41, 5.74) is 0.512. The zero-order valence-corrected chi connectivity index (χ0v) is 18.9. The van der Waals surface area contributed by atoms with Crippen LogP contribution in [0.15, 0.2) is 29.3 Å². The Morgan fingerprint density at radius 2 is 2.04 bits per heavy atom. The molecule has 1 fully saturated rings. The highest BCUT2D eigenvalue weighted by molar-refractivity contribution is 7.99. The van der Waals surface area contributed by atoms with Crippen molar-refractivity contribution in [2.45, 2.75) is 25.2 Å². The normalized spacial score (nSPS) is 14.9. The molecule has 1 aliphatic rings. The number of sulfonamides is 1. The largest absolute Gasteiger partial charge is 0.341 e. The molecule has 3 rings (SSSR count). The van der Waals surface area contributed by atoms with Crippen molar-refractivity contribution < 1.29 is 13.2 Å². The van der Waals surface area contributed by atoms with Crippen molar-refractivity contribution in [3.8, 4) is 0 Å². The second kappa shape index (κ2) is 9.02. The van der Waals surface area contributed by atoms with Gasteiger partial charge in [0, 0.05) is 47.2 Å². The van der Waals surface area contributed by atoms with Gasteiger partial charge in [0.05, 0.1) is 11.3 Å². The molecule has 0 saturated carbocycles. The summed E-state index contributed by atoms with van der Waals surface area (Å²) in [6, 6.07) is 4.84. The number of benzene rings is 1. The molecule has 0 unspecified atom stereocenters. The van der Waals surface area contributed by atoms with Crippen LogP contribution in [0, 0.1) is 6.92 Å². The minimum absolute atomic E-state index is 0.0621. The number of nitrogens with zero attached hydrogens (tertiary/aromatic N) is 3. The van der Waals surface area contributed by atoms with Crippen molar-refractivity contribution in [1.82, 2.24) is 9.88 Å². The number of halogens is 1. The van der Waals surface area contributed by atoms with E-state index in [4.69, 9.17) is 11.6 Å². The highest BCUT2D eigenvalue weighted by atomic mass is 35.5. The van der Waals surface area contributed by atoms with Crippen LogP contribution < -0.4 is 4.31 Å². The van der Waals surface area contributed by atoms with Gasteiger partial charge in [-0.1, -0.05) is 17.7 Å². The van der Waals surface area contributed by atoms with Crippen LogP contribution in [0.4, 0.5) is 5.13 Å². The topological polar surface area (TPSA) is 70.6 Å². The Bertz CT molecular complexity index is 956. The van der Waals surface area contributed by atoms with Crippen LogP contribution in [0.25, 0.3) is 0 Å².